The van der Waals surface area contributed by atoms with Gasteiger partial charge in [0.05, 0.1) is 13.2 Å². The fraction of sp³-hybridized carbons (Fsp3) is 0.259. The third kappa shape index (κ3) is 6.01. The Hall–Kier alpha value is -4.64. The van der Waals surface area contributed by atoms with E-state index >= 15 is 0 Å². The average molecular weight is 518 g/mol. The Labute approximate surface area is 220 Å². The predicted octanol–water partition coefficient (Wildman–Crippen LogP) is 3.17. The van der Waals surface area contributed by atoms with Crippen molar-refractivity contribution in [3.05, 3.63) is 93.8 Å². The van der Waals surface area contributed by atoms with Crippen molar-refractivity contribution in [1.82, 2.24) is 19.7 Å². The van der Waals surface area contributed by atoms with Crippen LogP contribution in [0.5, 0.6) is 11.5 Å². The number of rotatable bonds is 12. The van der Waals surface area contributed by atoms with Gasteiger partial charge in [-0.15, -0.1) is 5.10 Å². The van der Waals surface area contributed by atoms with Crippen LogP contribution < -0.4 is 26.2 Å². The van der Waals surface area contributed by atoms with Crippen molar-refractivity contribution in [3.63, 3.8) is 0 Å². The molecule has 0 aliphatic rings. The van der Waals surface area contributed by atoms with Gasteiger partial charge >= 0.3 is 5.69 Å². The summed E-state index contributed by atoms with van der Waals surface area (Å²) in [6.45, 7) is 5.03. The van der Waals surface area contributed by atoms with Crippen LogP contribution in [0.2, 0.25) is 0 Å². The molecule has 1 unspecified atom stereocenters. The number of amidine groups is 1. The van der Waals surface area contributed by atoms with Crippen LogP contribution in [0.25, 0.3) is 5.82 Å². The molecule has 2 aromatic heterocycles. The number of ether oxygens (including phenoxy) is 3. The van der Waals surface area contributed by atoms with E-state index in [1.807, 2.05) is 50.2 Å². The van der Waals surface area contributed by atoms with Crippen molar-refractivity contribution in [1.29, 1.82) is 5.41 Å². The lowest BCUT2D eigenvalue weighted by molar-refractivity contribution is 0.143. The highest BCUT2D eigenvalue weighted by atomic mass is 16.5. The molecule has 11 nitrogen and oxygen atoms in total. The largest absolute Gasteiger partial charge is 0.490 e. The molecule has 0 spiro atoms. The highest BCUT2D eigenvalue weighted by molar-refractivity contribution is 5.95. The molecule has 198 valence electrons. The van der Waals surface area contributed by atoms with Crippen LogP contribution in [0.3, 0.4) is 0 Å². The van der Waals surface area contributed by atoms with E-state index in [4.69, 9.17) is 25.4 Å². The molecule has 0 radical (unpaired) electrons. The number of nitrogens with zero attached hydrogens (tertiary/aromatic N) is 3. The van der Waals surface area contributed by atoms with E-state index < -0.39 is 11.7 Å². The number of aryl methyl sites for hydroxylation is 1. The predicted molar refractivity (Wildman–Crippen MR) is 145 cm³/mol. The average Bonchev–Trinajstić information content (AvgIpc) is 3.29. The molecule has 5 N–H and O–H groups in total. The lowest BCUT2D eigenvalue weighted by Gasteiger charge is -2.20. The van der Waals surface area contributed by atoms with E-state index in [1.165, 1.54) is 4.68 Å². The summed E-state index contributed by atoms with van der Waals surface area (Å²) in [5.74, 6) is 1.95. The van der Waals surface area contributed by atoms with Gasteiger partial charge in [-0.25, -0.2) is 9.78 Å². The SMILES string of the molecule is CCOc1cc(C(Nc2ccc(C(=N)N)cc2)c2nn(-c3ncccc3C)c(=O)[nH]2)ccc1OCCOC. The van der Waals surface area contributed by atoms with Crippen molar-refractivity contribution in [3.8, 4) is 17.3 Å². The molecule has 11 heteroatoms. The standard InChI is InChI=1S/C27H31N7O4/c1-4-37-22-16-19(9-12-21(22)38-15-14-36-3)23(31-20-10-7-18(8-11-20)24(28)29)25-32-27(35)34(33-25)26-17(2)6-5-13-30-26/h5-13,16,23,31H,4,14-15H2,1-3H3,(H3,28,29)(H,32,33,35). The normalized spacial score (nSPS) is 11.7. The number of aromatic amines is 1. The molecular formula is C27H31N7O4. The Balaban J connectivity index is 1.77. The molecule has 0 bridgehead atoms. The zero-order chi connectivity index (χ0) is 27.1. The molecule has 0 amide bonds. The first-order valence-electron chi connectivity index (χ1n) is 12.1. The highest BCUT2D eigenvalue weighted by Crippen LogP contribution is 2.33. The monoisotopic (exact) mass is 517 g/mol. The third-order valence-corrected chi connectivity index (χ3v) is 5.74. The second-order valence-corrected chi connectivity index (χ2v) is 8.42. The molecule has 2 heterocycles. The molecule has 0 aliphatic carbocycles. The first-order valence-corrected chi connectivity index (χ1v) is 12.1. The quantitative estimate of drug-likeness (QED) is 0.127. The van der Waals surface area contributed by atoms with Crippen molar-refractivity contribution >= 4 is 11.5 Å². The Kier molecular flexibility index (Phi) is 8.39. The number of nitrogen functional groups attached to an aromatic ring is 1. The smallest absolute Gasteiger partial charge is 0.349 e. The fourth-order valence-corrected chi connectivity index (χ4v) is 3.86. The molecule has 4 rings (SSSR count). The molecule has 0 saturated carbocycles. The molecular weight excluding hydrogens is 486 g/mol. The van der Waals surface area contributed by atoms with Crippen molar-refractivity contribution in [2.24, 2.45) is 5.73 Å². The van der Waals surface area contributed by atoms with Gasteiger partial charge in [0, 0.05) is 24.6 Å². The second kappa shape index (κ2) is 12.1. The van der Waals surface area contributed by atoms with E-state index in [-0.39, 0.29) is 5.84 Å². The van der Waals surface area contributed by atoms with Crippen LogP contribution in [-0.2, 0) is 4.74 Å². The lowest BCUT2D eigenvalue weighted by Crippen LogP contribution is -2.18. The Morgan fingerprint density at radius 3 is 2.61 bits per heavy atom. The number of benzene rings is 2. The van der Waals surface area contributed by atoms with Crippen molar-refractivity contribution in [2.45, 2.75) is 19.9 Å². The van der Waals surface area contributed by atoms with E-state index in [1.54, 1.807) is 31.5 Å². The summed E-state index contributed by atoms with van der Waals surface area (Å²) in [5.41, 5.74) is 8.13. The number of nitrogens with one attached hydrogen (secondary N) is 3. The summed E-state index contributed by atoms with van der Waals surface area (Å²) in [7, 11) is 1.61. The van der Waals surface area contributed by atoms with E-state index in [0.717, 1.165) is 16.8 Å². The number of nitrogens with two attached hydrogens (primary N) is 1. The van der Waals surface area contributed by atoms with Crippen LogP contribution >= 0.6 is 0 Å². The fourth-order valence-electron chi connectivity index (χ4n) is 3.86. The second-order valence-electron chi connectivity index (χ2n) is 8.42. The summed E-state index contributed by atoms with van der Waals surface area (Å²) >= 11 is 0. The molecule has 2 aromatic carbocycles. The van der Waals surface area contributed by atoms with Gasteiger partial charge in [-0.2, -0.15) is 4.68 Å². The number of pyridine rings is 1. The number of H-pyrrole nitrogens is 1. The van der Waals surface area contributed by atoms with Crippen LogP contribution in [0.1, 0.15) is 35.5 Å². The van der Waals surface area contributed by atoms with E-state index in [0.29, 0.717) is 48.5 Å². The van der Waals surface area contributed by atoms with Gasteiger partial charge in [0.25, 0.3) is 0 Å². The van der Waals surface area contributed by atoms with Gasteiger partial charge in [0.1, 0.15) is 18.5 Å². The van der Waals surface area contributed by atoms with Gasteiger partial charge in [0.15, 0.2) is 23.1 Å². The maximum Gasteiger partial charge on any atom is 0.349 e. The number of hydrogen-bond acceptors (Lipinski definition) is 8. The molecule has 1 atom stereocenters. The Morgan fingerprint density at radius 2 is 1.92 bits per heavy atom. The topological polar surface area (TPSA) is 153 Å². The third-order valence-electron chi connectivity index (χ3n) is 5.74. The van der Waals surface area contributed by atoms with E-state index in [9.17, 15) is 4.79 Å². The first kappa shape index (κ1) is 26.4. The van der Waals surface area contributed by atoms with E-state index in [2.05, 4.69) is 20.4 Å². The maximum atomic E-state index is 13.0. The zero-order valence-electron chi connectivity index (χ0n) is 21.5. The Bertz CT molecular complexity index is 1450. The zero-order valence-corrected chi connectivity index (χ0v) is 21.5. The van der Waals surface area contributed by atoms with Gasteiger partial charge in [-0.1, -0.05) is 12.1 Å². The molecule has 0 saturated heterocycles. The minimum absolute atomic E-state index is 0.0210. The number of aromatic nitrogens is 4. The van der Waals surface area contributed by atoms with Crippen LogP contribution in [0.15, 0.2) is 65.6 Å². The van der Waals surface area contributed by atoms with Crippen LogP contribution in [0, 0.1) is 12.3 Å². The number of hydrogen-bond donors (Lipinski definition) is 4. The summed E-state index contributed by atoms with van der Waals surface area (Å²) in [6.07, 6.45) is 1.62. The number of methoxy groups -OCH3 is 1. The first-order chi connectivity index (χ1) is 18.4. The van der Waals surface area contributed by atoms with Gasteiger partial charge < -0.3 is 25.3 Å². The van der Waals surface area contributed by atoms with Crippen LogP contribution in [0.4, 0.5) is 5.69 Å². The Morgan fingerprint density at radius 1 is 1.13 bits per heavy atom. The lowest BCUT2D eigenvalue weighted by atomic mass is 10.0. The van der Waals surface area contributed by atoms with Crippen LogP contribution in [-0.4, -0.2) is 52.5 Å². The molecule has 4 aromatic rings. The van der Waals surface area contributed by atoms with Gasteiger partial charge in [-0.05, 0) is 67.4 Å². The van der Waals surface area contributed by atoms with Crippen molar-refractivity contribution < 1.29 is 14.2 Å². The summed E-state index contributed by atoms with van der Waals surface area (Å²) < 4.78 is 18.0. The summed E-state index contributed by atoms with van der Waals surface area (Å²) in [4.78, 5) is 20.2. The molecule has 0 fully saturated rings. The summed E-state index contributed by atoms with van der Waals surface area (Å²) in [6, 6.07) is 15.8. The van der Waals surface area contributed by atoms with Gasteiger partial charge in [-0.3, -0.25) is 10.4 Å². The van der Waals surface area contributed by atoms with Crippen molar-refractivity contribution in [2.75, 3.05) is 32.2 Å². The molecule has 38 heavy (non-hydrogen) atoms. The minimum Gasteiger partial charge on any atom is -0.490 e. The summed E-state index contributed by atoms with van der Waals surface area (Å²) in [5, 5.41) is 15.7. The van der Waals surface area contributed by atoms with Gasteiger partial charge in [0.2, 0.25) is 0 Å². The number of anilines is 1. The molecule has 0 aliphatic heterocycles. The highest BCUT2D eigenvalue weighted by Gasteiger charge is 2.23. The maximum absolute atomic E-state index is 13.0. The minimum atomic E-state index is -0.566.